The molecule has 0 fully saturated rings. The molecule has 0 radical (unpaired) electrons. The molecule has 0 heterocycles. The van der Waals surface area contributed by atoms with Gasteiger partial charge in [0.2, 0.25) is 10.0 Å². The first-order valence-corrected chi connectivity index (χ1v) is 11.2. The predicted octanol–water partition coefficient (Wildman–Crippen LogP) is 3.58. The lowest BCUT2D eigenvalue weighted by atomic mass is 10.3. The van der Waals surface area contributed by atoms with Gasteiger partial charge in [-0.25, -0.2) is 22.0 Å². The zero-order chi connectivity index (χ0) is 20.4. The van der Waals surface area contributed by atoms with Crippen LogP contribution in [0.3, 0.4) is 0 Å². The molecule has 3 aromatic carbocycles. The number of sulfonamides is 2. The molecule has 0 aliphatic rings. The highest BCUT2D eigenvalue weighted by molar-refractivity contribution is 7.92. The van der Waals surface area contributed by atoms with Crippen molar-refractivity contribution in [1.29, 1.82) is 0 Å². The number of halogens is 1. The summed E-state index contributed by atoms with van der Waals surface area (Å²) in [6.45, 7) is 0. The lowest BCUT2D eigenvalue weighted by Crippen LogP contribution is -2.15. The minimum absolute atomic E-state index is 0.101. The average Bonchev–Trinajstić information content (AvgIpc) is 2.64. The zero-order valence-corrected chi connectivity index (χ0v) is 16.6. The predicted molar refractivity (Wildman–Crippen MR) is 107 cm³/mol. The molecule has 3 N–H and O–H groups in total. The second-order valence-corrected chi connectivity index (χ2v) is 9.33. The molecular weight excluding hydrogens is 424 g/mol. The van der Waals surface area contributed by atoms with Crippen molar-refractivity contribution in [1.82, 2.24) is 0 Å². The van der Waals surface area contributed by atoms with E-state index in [0.29, 0.717) is 22.2 Å². The fraction of sp³-hybridized carbons (Fsp3) is 0. The molecule has 0 saturated carbocycles. The van der Waals surface area contributed by atoms with Crippen LogP contribution in [0.5, 0.6) is 11.5 Å². The van der Waals surface area contributed by atoms with Crippen LogP contribution in [0, 0.1) is 0 Å². The summed E-state index contributed by atoms with van der Waals surface area (Å²) in [5.74, 6) is 0.959. The van der Waals surface area contributed by atoms with Crippen LogP contribution in [0.25, 0.3) is 0 Å². The summed E-state index contributed by atoms with van der Waals surface area (Å²) in [5.41, 5.74) is 0.307. The van der Waals surface area contributed by atoms with Crippen LogP contribution in [0.15, 0.2) is 82.6 Å². The Labute approximate surface area is 167 Å². The summed E-state index contributed by atoms with van der Waals surface area (Å²) in [7, 11) is -7.80. The van der Waals surface area contributed by atoms with E-state index >= 15 is 0 Å². The van der Waals surface area contributed by atoms with Gasteiger partial charge >= 0.3 is 0 Å². The molecule has 0 aromatic heterocycles. The van der Waals surface area contributed by atoms with Crippen LogP contribution >= 0.6 is 11.6 Å². The van der Waals surface area contributed by atoms with E-state index in [9.17, 15) is 16.8 Å². The third-order valence-electron chi connectivity index (χ3n) is 3.63. The van der Waals surface area contributed by atoms with Gasteiger partial charge < -0.3 is 4.74 Å². The van der Waals surface area contributed by atoms with Crippen LogP contribution in [0.4, 0.5) is 5.69 Å². The van der Waals surface area contributed by atoms with Gasteiger partial charge in [-0.05, 0) is 60.7 Å². The van der Waals surface area contributed by atoms with Crippen LogP contribution in [-0.2, 0) is 20.0 Å². The van der Waals surface area contributed by atoms with Crippen LogP contribution < -0.4 is 14.6 Å². The molecule has 0 unspecified atom stereocenters. The number of para-hydroxylation sites is 1. The topological polar surface area (TPSA) is 116 Å². The van der Waals surface area contributed by atoms with Crippen molar-refractivity contribution in [2.45, 2.75) is 9.79 Å². The van der Waals surface area contributed by atoms with E-state index in [4.69, 9.17) is 21.5 Å². The molecule has 0 spiro atoms. The second-order valence-electron chi connectivity index (χ2n) is 5.68. The van der Waals surface area contributed by atoms with Gasteiger partial charge in [0.15, 0.2) is 0 Å². The van der Waals surface area contributed by atoms with Crippen molar-refractivity contribution >= 4 is 37.3 Å². The Hall–Kier alpha value is -2.59. The largest absolute Gasteiger partial charge is 0.456 e. The van der Waals surface area contributed by atoms with Gasteiger partial charge in [0.05, 0.1) is 14.8 Å². The Bertz CT molecular complexity index is 1190. The van der Waals surface area contributed by atoms with Gasteiger partial charge in [-0.2, -0.15) is 0 Å². The molecule has 28 heavy (non-hydrogen) atoms. The minimum Gasteiger partial charge on any atom is -0.456 e. The van der Waals surface area contributed by atoms with Gasteiger partial charge in [-0.15, -0.1) is 0 Å². The first-order chi connectivity index (χ1) is 13.1. The third kappa shape index (κ3) is 4.82. The van der Waals surface area contributed by atoms with Crippen molar-refractivity contribution in [3.63, 3.8) is 0 Å². The Morgan fingerprint density at radius 3 is 1.93 bits per heavy atom. The fourth-order valence-electron chi connectivity index (χ4n) is 2.27. The summed E-state index contributed by atoms with van der Waals surface area (Å²) >= 11 is 6.04. The van der Waals surface area contributed by atoms with Crippen molar-refractivity contribution in [3.05, 3.63) is 77.8 Å². The number of hydrogen-bond donors (Lipinski definition) is 2. The first-order valence-electron chi connectivity index (χ1n) is 7.83. The van der Waals surface area contributed by atoms with E-state index < -0.39 is 20.0 Å². The number of hydrogen-bond acceptors (Lipinski definition) is 5. The second kappa shape index (κ2) is 7.80. The maximum absolute atomic E-state index is 12.4. The molecule has 10 heteroatoms. The van der Waals surface area contributed by atoms with E-state index in [1.54, 1.807) is 36.4 Å². The molecule has 0 aliphatic heterocycles. The highest BCUT2D eigenvalue weighted by Crippen LogP contribution is 2.29. The smallest absolute Gasteiger partial charge is 0.261 e. The monoisotopic (exact) mass is 438 g/mol. The van der Waals surface area contributed by atoms with Gasteiger partial charge in [0.1, 0.15) is 11.5 Å². The van der Waals surface area contributed by atoms with Crippen LogP contribution in [0.2, 0.25) is 5.02 Å². The molecular formula is C18H15ClN2O5S2. The van der Waals surface area contributed by atoms with E-state index in [-0.39, 0.29) is 9.79 Å². The lowest BCUT2D eigenvalue weighted by molar-refractivity contribution is 0.483. The first kappa shape index (κ1) is 20.2. The van der Waals surface area contributed by atoms with Crippen molar-refractivity contribution in [3.8, 4) is 11.5 Å². The summed E-state index contributed by atoms with van der Waals surface area (Å²) in [6, 6.07) is 17.8. The highest BCUT2D eigenvalue weighted by Gasteiger charge is 2.16. The number of nitrogens with two attached hydrogens (primary N) is 1. The van der Waals surface area contributed by atoms with Crippen molar-refractivity contribution in [2.75, 3.05) is 4.72 Å². The van der Waals surface area contributed by atoms with Gasteiger partial charge in [0, 0.05) is 5.69 Å². The molecule has 0 saturated heterocycles. The Morgan fingerprint density at radius 2 is 1.36 bits per heavy atom. The maximum atomic E-state index is 12.4. The van der Waals surface area contributed by atoms with Crippen molar-refractivity contribution < 1.29 is 21.6 Å². The molecule has 3 rings (SSSR count). The van der Waals surface area contributed by atoms with Gasteiger partial charge in [-0.3, -0.25) is 4.72 Å². The number of primary sulfonamides is 1. The lowest BCUT2D eigenvalue weighted by Gasteiger charge is -2.10. The average molecular weight is 439 g/mol. The minimum atomic E-state index is -3.90. The summed E-state index contributed by atoms with van der Waals surface area (Å²) in [5, 5.41) is 5.46. The Kier molecular flexibility index (Phi) is 5.61. The maximum Gasteiger partial charge on any atom is 0.261 e. The normalized spacial score (nSPS) is 11.8. The van der Waals surface area contributed by atoms with Crippen LogP contribution in [-0.4, -0.2) is 16.8 Å². The summed E-state index contributed by atoms with van der Waals surface area (Å²) in [6.07, 6.45) is 0. The Balaban J connectivity index is 1.75. The quantitative estimate of drug-likeness (QED) is 0.610. The molecule has 146 valence electrons. The molecule has 0 amide bonds. The summed E-state index contributed by atoms with van der Waals surface area (Å²) in [4.78, 5) is -0.274. The number of rotatable bonds is 6. The zero-order valence-electron chi connectivity index (χ0n) is 14.2. The SMILES string of the molecule is NS(=O)(=O)c1ccc(S(=O)(=O)Nc2ccc(Oc3ccccc3Cl)cc2)cc1. The van der Waals surface area contributed by atoms with E-state index in [1.165, 1.54) is 12.1 Å². The molecule has 0 bridgehead atoms. The summed E-state index contributed by atoms with van der Waals surface area (Å²) < 4.78 is 55.5. The molecule has 3 aromatic rings. The van der Waals surface area contributed by atoms with E-state index in [0.717, 1.165) is 24.3 Å². The Morgan fingerprint density at radius 1 is 0.786 bits per heavy atom. The fourth-order valence-corrected chi connectivity index (χ4v) is 4.02. The number of benzene rings is 3. The number of ether oxygens (including phenoxy) is 1. The van der Waals surface area contributed by atoms with E-state index in [2.05, 4.69) is 4.72 Å². The third-order valence-corrected chi connectivity index (χ3v) is 6.27. The highest BCUT2D eigenvalue weighted by atomic mass is 35.5. The molecule has 0 atom stereocenters. The van der Waals surface area contributed by atoms with Gasteiger partial charge in [-0.1, -0.05) is 23.7 Å². The number of anilines is 1. The van der Waals surface area contributed by atoms with Crippen molar-refractivity contribution in [2.24, 2.45) is 5.14 Å². The number of nitrogens with one attached hydrogen (secondary N) is 1. The van der Waals surface area contributed by atoms with E-state index in [1.807, 2.05) is 0 Å². The van der Waals surface area contributed by atoms with Crippen LogP contribution in [0.1, 0.15) is 0 Å². The molecule has 0 aliphatic carbocycles. The standard InChI is InChI=1S/C18H15ClN2O5S2/c19-17-3-1-2-4-18(17)26-14-7-5-13(6-8-14)21-28(24,25)16-11-9-15(10-12-16)27(20,22)23/h1-12,21H,(H2,20,22,23). The molecule has 7 nitrogen and oxygen atoms in total. The van der Waals surface area contributed by atoms with Gasteiger partial charge in [0.25, 0.3) is 10.0 Å².